The first kappa shape index (κ1) is 19.2. The van der Waals surface area contributed by atoms with Gasteiger partial charge < -0.3 is 9.84 Å². The van der Waals surface area contributed by atoms with Crippen LogP contribution in [0.1, 0.15) is 32.6 Å². The molecule has 8 heteroatoms. The molecule has 0 fully saturated rings. The molecule has 2 aromatic heterocycles. The van der Waals surface area contributed by atoms with Gasteiger partial charge in [0.05, 0.1) is 16.7 Å². The molecule has 3 rings (SSSR count). The quantitative estimate of drug-likeness (QED) is 0.343. The maximum atomic E-state index is 12.9. The number of anilines is 1. The van der Waals surface area contributed by atoms with Crippen LogP contribution in [0.2, 0.25) is 0 Å². The summed E-state index contributed by atoms with van der Waals surface area (Å²) in [6.07, 6.45) is 5.63. The molecule has 3 aromatic rings. The van der Waals surface area contributed by atoms with E-state index >= 15 is 0 Å². The van der Waals surface area contributed by atoms with E-state index in [0.29, 0.717) is 28.4 Å². The van der Waals surface area contributed by atoms with Gasteiger partial charge >= 0.3 is 0 Å². The molecule has 1 aromatic carbocycles. The molecule has 0 aliphatic carbocycles. The Morgan fingerprint density at radius 2 is 2.07 bits per heavy atom. The number of thioether (sulfide) groups is 1. The van der Waals surface area contributed by atoms with Crippen molar-refractivity contribution in [2.75, 3.05) is 11.1 Å². The largest absolute Gasteiger partial charge is 0.363 e. The second kappa shape index (κ2) is 9.36. The number of para-hydroxylation sites is 1. The number of benzene rings is 1. The molecule has 2 heterocycles. The van der Waals surface area contributed by atoms with E-state index in [1.165, 1.54) is 18.0 Å². The standard InChI is InChI=1S/C19H22N4O3S/c1-2-3-4-7-11-23-18(25)14-8-5-6-9-15(14)20-19(23)27-13-17(24)21-16-10-12-26-22-16/h5-6,8-10,12H,2-4,7,11,13H2,1H3,(H,21,22,24). The van der Waals surface area contributed by atoms with Gasteiger partial charge in [0.15, 0.2) is 11.0 Å². The molecule has 0 radical (unpaired) electrons. The van der Waals surface area contributed by atoms with Gasteiger partial charge in [-0.25, -0.2) is 4.98 Å². The van der Waals surface area contributed by atoms with Gasteiger partial charge in [-0.15, -0.1) is 0 Å². The van der Waals surface area contributed by atoms with E-state index in [1.807, 2.05) is 18.2 Å². The lowest BCUT2D eigenvalue weighted by atomic mass is 10.2. The van der Waals surface area contributed by atoms with Gasteiger partial charge in [0.2, 0.25) is 5.91 Å². The number of carbonyl (C=O) groups is 1. The normalized spacial score (nSPS) is 11.0. The molecule has 142 valence electrons. The van der Waals surface area contributed by atoms with Crippen LogP contribution < -0.4 is 10.9 Å². The van der Waals surface area contributed by atoms with E-state index in [2.05, 4.69) is 22.4 Å². The topological polar surface area (TPSA) is 90.0 Å². The van der Waals surface area contributed by atoms with Crippen molar-refractivity contribution in [2.45, 2.75) is 44.3 Å². The highest BCUT2D eigenvalue weighted by atomic mass is 32.2. The lowest BCUT2D eigenvalue weighted by Crippen LogP contribution is -2.24. The van der Waals surface area contributed by atoms with Crippen molar-refractivity contribution in [1.29, 1.82) is 0 Å². The number of nitrogens with one attached hydrogen (secondary N) is 1. The van der Waals surface area contributed by atoms with Crippen molar-refractivity contribution in [2.24, 2.45) is 0 Å². The third kappa shape index (κ3) is 4.97. The van der Waals surface area contributed by atoms with E-state index < -0.39 is 0 Å². The maximum Gasteiger partial charge on any atom is 0.262 e. The maximum absolute atomic E-state index is 12.9. The van der Waals surface area contributed by atoms with Crippen LogP contribution in [0.4, 0.5) is 5.82 Å². The molecule has 1 N–H and O–H groups in total. The highest BCUT2D eigenvalue weighted by Crippen LogP contribution is 2.19. The number of nitrogens with zero attached hydrogens (tertiary/aromatic N) is 3. The summed E-state index contributed by atoms with van der Waals surface area (Å²) in [4.78, 5) is 29.6. The molecule has 0 aliphatic heterocycles. The molecule has 27 heavy (non-hydrogen) atoms. The summed E-state index contributed by atoms with van der Waals surface area (Å²) in [6, 6.07) is 8.87. The first-order valence-corrected chi connectivity index (χ1v) is 10.00. The Balaban J connectivity index is 1.78. The smallest absolute Gasteiger partial charge is 0.262 e. The van der Waals surface area contributed by atoms with Crippen molar-refractivity contribution in [3.63, 3.8) is 0 Å². The number of fused-ring (bicyclic) bond motifs is 1. The average molecular weight is 386 g/mol. The number of rotatable bonds is 9. The first-order valence-electron chi connectivity index (χ1n) is 9.01. The number of carbonyl (C=O) groups excluding carboxylic acids is 1. The minimum absolute atomic E-state index is 0.0588. The molecule has 0 aliphatic rings. The van der Waals surface area contributed by atoms with Crippen LogP contribution in [-0.4, -0.2) is 26.4 Å². The Bertz CT molecular complexity index is 953. The van der Waals surface area contributed by atoms with Crippen LogP contribution >= 0.6 is 11.8 Å². The van der Waals surface area contributed by atoms with Crippen molar-refractivity contribution in [3.05, 3.63) is 46.9 Å². The zero-order valence-electron chi connectivity index (χ0n) is 15.2. The Kier molecular flexibility index (Phi) is 6.64. The molecule has 0 unspecified atom stereocenters. The van der Waals surface area contributed by atoms with E-state index in [9.17, 15) is 9.59 Å². The Hall–Kier alpha value is -2.61. The van der Waals surface area contributed by atoms with Crippen LogP contribution in [0, 0.1) is 0 Å². The van der Waals surface area contributed by atoms with Crippen LogP contribution in [0.5, 0.6) is 0 Å². The zero-order valence-corrected chi connectivity index (χ0v) is 16.0. The third-order valence-electron chi connectivity index (χ3n) is 4.10. The second-order valence-electron chi connectivity index (χ2n) is 6.15. The second-order valence-corrected chi connectivity index (χ2v) is 7.09. The summed E-state index contributed by atoms with van der Waals surface area (Å²) < 4.78 is 6.38. The molecule has 7 nitrogen and oxygen atoms in total. The van der Waals surface area contributed by atoms with Gasteiger partial charge in [-0.3, -0.25) is 14.2 Å². The monoisotopic (exact) mass is 386 g/mol. The number of hydrogen-bond acceptors (Lipinski definition) is 6. The Labute approximate surface area is 161 Å². The van der Waals surface area contributed by atoms with Crippen molar-refractivity contribution in [1.82, 2.24) is 14.7 Å². The van der Waals surface area contributed by atoms with E-state index in [0.717, 1.165) is 25.7 Å². The average Bonchev–Trinajstić information content (AvgIpc) is 3.18. The molecule has 1 amide bonds. The van der Waals surface area contributed by atoms with Crippen molar-refractivity contribution >= 4 is 34.4 Å². The molecule has 0 spiro atoms. The summed E-state index contributed by atoms with van der Waals surface area (Å²) in [5, 5.41) is 7.46. The minimum Gasteiger partial charge on any atom is -0.363 e. The molecular formula is C19H22N4O3S. The van der Waals surface area contributed by atoms with E-state index in [-0.39, 0.29) is 17.2 Å². The van der Waals surface area contributed by atoms with Gasteiger partial charge in [0.25, 0.3) is 5.56 Å². The van der Waals surface area contributed by atoms with Gasteiger partial charge in [-0.2, -0.15) is 0 Å². The highest BCUT2D eigenvalue weighted by molar-refractivity contribution is 7.99. The predicted octanol–water partition coefficient (Wildman–Crippen LogP) is 3.70. The Morgan fingerprint density at radius 3 is 2.85 bits per heavy atom. The summed E-state index contributed by atoms with van der Waals surface area (Å²) in [7, 11) is 0. The SMILES string of the molecule is CCCCCCn1c(SCC(=O)Nc2ccon2)nc2ccccc2c1=O. The molecule has 0 atom stereocenters. The van der Waals surface area contributed by atoms with Gasteiger partial charge in [-0.1, -0.05) is 55.2 Å². The summed E-state index contributed by atoms with van der Waals surface area (Å²) >= 11 is 1.25. The first-order chi connectivity index (χ1) is 13.2. The summed E-state index contributed by atoms with van der Waals surface area (Å²) in [5.74, 6) is 0.268. The fraction of sp³-hybridized carbons (Fsp3) is 0.368. The lowest BCUT2D eigenvalue weighted by Gasteiger charge is -2.13. The van der Waals surface area contributed by atoms with Crippen LogP contribution in [0.25, 0.3) is 10.9 Å². The number of unbranched alkanes of at least 4 members (excludes halogenated alkanes) is 3. The van der Waals surface area contributed by atoms with Crippen molar-refractivity contribution < 1.29 is 9.32 Å². The molecule has 0 bridgehead atoms. The van der Waals surface area contributed by atoms with Crippen molar-refractivity contribution in [3.8, 4) is 0 Å². The zero-order chi connectivity index (χ0) is 19.1. The van der Waals surface area contributed by atoms with Crippen LogP contribution in [-0.2, 0) is 11.3 Å². The predicted molar refractivity (Wildman–Crippen MR) is 106 cm³/mol. The van der Waals surface area contributed by atoms with E-state index in [4.69, 9.17) is 4.52 Å². The van der Waals surface area contributed by atoms with Gasteiger partial charge in [0, 0.05) is 12.6 Å². The molecule has 0 saturated carbocycles. The summed E-state index contributed by atoms with van der Waals surface area (Å²) in [6.45, 7) is 2.75. The van der Waals surface area contributed by atoms with Gasteiger partial charge in [0.1, 0.15) is 6.26 Å². The molecular weight excluding hydrogens is 364 g/mol. The fourth-order valence-corrected chi connectivity index (χ4v) is 3.56. The number of hydrogen-bond donors (Lipinski definition) is 1. The summed E-state index contributed by atoms with van der Waals surface area (Å²) in [5.41, 5.74) is 0.586. The van der Waals surface area contributed by atoms with Gasteiger partial charge in [-0.05, 0) is 18.6 Å². The number of amides is 1. The highest BCUT2D eigenvalue weighted by Gasteiger charge is 2.13. The lowest BCUT2D eigenvalue weighted by molar-refractivity contribution is -0.113. The molecule has 0 saturated heterocycles. The Morgan fingerprint density at radius 1 is 1.22 bits per heavy atom. The third-order valence-corrected chi connectivity index (χ3v) is 5.08. The van der Waals surface area contributed by atoms with Crippen LogP contribution in [0.3, 0.4) is 0 Å². The fourth-order valence-electron chi connectivity index (χ4n) is 2.74. The number of aromatic nitrogens is 3. The van der Waals surface area contributed by atoms with E-state index in [1.54, 1.807) is 16.7 Å². The minimum atomic E-state index is -0.228. The van der Waals surface area contributed by atoms with Crippen LogP contribution in [0.15, 0.2) is 51.1 Å².